The lowest BCUT2D eigenvalue weighted by Crippen LogP contribution is -2.45. The van der Waals surface area contributed by atoms with Crippen molar-refractivity contribution in [3.63, 3.8) is 0 Å². The fourth-order valence-corrected chi connectivity index (χ4v) is 4.45. The number of allylic oxidation sites excluding steroid dienone is 1. The molecule has 1 unspecified atom stereocenters. The van der Waals surface area contributed by atoms with Gasteiger partial charge in [0.15, 0.2) is 0 Å². The van der Waals surface area contributed by atoms with Gasteiger partial charge in [-0.15, -0.1) is 0 Å². The maximum Gasteiger partial charge on any atom is 0.336 e. The maximum absolute atomic E-state index is 13.3. The third kappa shape index (κ3) is 5.87. The number of rotatable bonds is 8. The van der Waals surface area contributed by atoms with Crippen molar-refractivity contribution in [3.8, 4) is 0 Å². The summed E-state index contributed by atoms with van der Waals surface area (Å²) in [7, 11) is 2.08. The van der Waals surface area contributed by atoms with Crippen molar-refractivity contribution >= 4 is 23.3 Å². The Labute approximate surface area is 199 Å². The molecule has 2 aliphatic rings. The third-order valence-corrected chi connectivity index (χ3v) is 6.27. The van der Waals surface area contributed by atoms with E-state index in [1.165, 1.54) is 12.1 Å². The number of carbonyl (C=O) groups excluding carboxylic acids is 2. The number of non-ortho nitro benzene ring substituents is 1. The van der Waals surface area contributed by atoms with Crippen LogP contribution in [0, 0.1) is 16.0 Å². The summed E-state index contributed by atoms with van der Waals surface area (Å²) in [6, 6.07) is 5.98. The number of carbonyl (C=O) groups is 2. The molecule has 184 valence electrons. The summed E-state index contributed by atoms with van der Waals surface area (Å²) < 4.78 is 10.9. The van der Waals surface area contributed by atoms with Gasteiger partial charge >= 0.3 is 11.9 Å². The minimum atomic E-state index is -0.883. The molecule has 1 saturated heterocycles. The van der Waals surface area contributed by atoms with E-state index < -0.39 is 28.7 Å². The zero-order valence-corrected chi connectivity index (χ0v) is 20.2. The van der Waals surface area contributed by atoms with Crippen LogP contribution in [0.15, 0.2) is 40.5 Å². The Morgan fingerprint density at radius 3 is 2.53 bits per heavy atom. The van der Waals surface area contributed by atoms with Crippen LogP contribution in [-0.4, -0.2) is 85.4 Å². The topological polar surface area (TPSA) is 115 Å². The molecule has 2 atom stereocenters. The van der Waals surface area contributed by atoms with Gasteiger partial charge in [0.25, 0.3) is 5.69 Å². The third-order valence-electron chi connectivity index (χ3n) is 6.27. The van der Waals surface area contributed by atoms with Crippen molar-refractivity contribution in [2.75, 3.05) is 53.0 Å². The second kappa shape index (κ2) is 11.3. The van der Waals surface area contributed by atoms with Gasteiger partial charge in [0, 0.05) is 62.2 Å². The van der Waals surface area contributed by atoms with Crippen LogP contribution in [0.2, 0.25) is 0 Å². The molecule has 1 fully saturated rings. The van der Waals surface area contributed by atoms with Crippen LogP contribution in [0.5, 0.6) is 0 Å². The van der Waals surface area contributed by atoms with Crippen LogP contribution < -0.4 is 0 Å². The highest BCUT2D eigenvalue weighted by Gasteiger charge is 2.42. The highest BCUT2D eigenvalue weighted by atomic mass is 16.6. The molecule has 0 bridgehead atoms. The van der Waals surface area contributed by atoms with Gasteiger partial charge in [0.05, 0.1) is 17.1 Å². The fourth-order valence-electron chi connectivity index (χ4n) is 4.45. The van der Waals surface area contributed by atoms with Gasteiger partial charge < -0.3 is 14.4 Å². The number of aliphatic imine (C=N–C) groups is 1. The zero-order chi connectivity index (χ0) is 24.8. The van der Waals surface area contributed by atoms with Crippen molar-refractivity contribution < 1.29 is 24.0 Å². The summed E-state index contributed by atoms with van der Waals surface area (Å²) in [5, 5.41) is 11.4. The summed E-state index contributed by atoms with van der Waals surface area (Å²) in [6.07, 6.45) is 0. The molecule has 1 aromatic carbocycles. The van der Waals surface area contributed by atoms with Gasteiger partial charge in [-0.2, -0.15) is 0 Å². The molecular formula is C24H32N4O6. The summed E-state index contributed by atoms with van der Waals surface area (Å²) >= 11 is 0. The number of hydrogen-bond acceptors (Lipinski definition) is 9. The molecule has 3 rings (SSSR count). The lowest BCUT2D eigenvalue weighted by Gasteiger charge is -2.33. The molecule has 0 spiro atoms. The summed E-state index contributed by atoms with van der Waals surface area (Å²) in [5.41, 5.74) is 1.48. The predicted octanol–water partition coefficient (Wildman–Crippen LogP) is 2.40. The Morgan fingerprint density at radius 1 is 1.18 bits per heavy atom. The number of nitrogens with zero attached hydrogens (tertiary/aromatic N) is 4. The molecule has 0 radical (unpaired) electrons. The first-order chi connectivity index (χ1) is 16.2. The van der Waals surface area contributed by atoms with E-state index >= 15 is 0 Å². The lowest BCUT2D eigenvalue weighted by molar-refractivity contribution is -0.384. The van der Waals surface area contributed by atoms with Crippen molar-refractivity contribution in [1.29, 1.82) is 0 Å². The van der Waals surface area contributed by atoms with Gasteiger partial charge in [-0.05, 0) is 33.4 Å². The molecule has 1 aromatic rings. The lowest BCUT2D eigenvalue weighted by atomic mass is 9.75. The molecule has 10 heteroatoms. The average Bonchev–Trinajstić information content (AvgIpc) is 2.80. The smallest absolute Gasteiger partial charge is 0.336 e. The normalized spacial score (nSPS) is 21.7. The van der Waals surface area contributed by atoms with E-state index in [1.807, 2.05) is 0 Å². The predicted molar refractivity (Wildman–Crippen MR) is 127 cm³/mol. The second-order valence-corrected chi connectivity index (χ2v) is 8.59. The van der Waals surface area contributed by atoms with Gasteiger partial charge in [-0.1, -0.05) is 12.1 Å². The van der Waals surface area contributed by atoms with Crippen LogP contribution in [0.25, 0.3) is 0 Å². The van der Waals surface area contributed by atoms with Crippen molar-refractivity contribution in [3.05, 3.63) is 51.2 Å². The quantitative estimate of drug-likeness (QED) is 0.322. The van der Waals surface area contributed by atoms with Crippen LogP contribution in [0.3, 0.4) is 0 Å². The van der Waals surface area contributed by atoms with E-state index in [0.717, 1.165) is 26.2 Å². The molecule has 0 saturated carbocycles. The van der Waals surface area contributed by atoms with E-state index in [9.17, 15) is 19.7 Å². The van der Waals surface area contributed by atoms with Crippen LogP contribution >= 0.6 is 0 Å². The Kier molecular flexibility index (Phi) is 8.51. The Hall–Kier alpha value is -3.11. The highest BCUT2D eigenvalue weighted by molar-refractivity contribution is 6.07. The summed E-state index contributed by atoms with van der Waals surface area (Å²) in [5.74, 6) is -2.79. The molecule has 34 heavy (non-hydrogen) atoms. The number of esters is 2. The van der Waals surface area contributed by atoms with Gasteiger partial charge in [0.2, 0.25) is 0 Å². The van der Waals surface area contributed by atoms with E-state index in [2.05, 4.69) is 21.8 Å². The van der Waals surface area contributed by atoms with Gasteiger partial charge in [-0.3, -0.25) is 24.8 Å². The molecule has 0 aromatic heterocycles. The van der Waals surface area contributed by atoms with Gasteiger partial charge in [0.1, 0.15) is 12.5 Å². The first kappa shape index (κ1) is 25.5. The van der Waals surface area contributed by atoms with E-state index in [4.69, 9.17) is 9.47 Å². The van der Waals surface area contributed by atoms with Crippen molar-refractivity contribution in [2.45, 2.75) is 26.7 Å². The maximum atomic E-state index is 13.3. The molecule has 0 amide bonds. The average molecular weight is 473 g/mol. The number of nitro benzene ring substituents is 1. The monoisotopic (exact) mass is 472 g/mol. The van der Waals surface area contributed by atoms with E-state index in [0.29, 0.717) is 23.5 Å². The molecule has 0 aliphatic carbocycles. The molecule has 2 heterocycles. The minimum Gasteiger partial charge on any atom is -0.465 e. The zero-order valence-electron chi connectivity index (χ0n) is 20.2. The highest BCUT2D eigenvalue weighted by Crippen LogP contribution is 2.41. The number of benzene rings is 1. The molecular weight excluding hydrogens is 440 g/mol. The molecule has 2 aliphatic heterocycles. The number of hydrogen-bond donors (Lipinski definition) is 0. The van der Waals surface area contributed by atoms with Crippen LogP contribution in [0.1, 0.15) is 32.3 Å². The number of nitro groups is 1. The second-order valence-electron chi connectivity index (χ2n) is 8.59. The van der Waals surface area contributed by atoms with Crippen molar-refractivity contribution in [1.82, 2.24) is 9.80 Å². The largest absolute Gasteiger partial charge is 0.465 e. The number of piperazine rings is 1. The van der Waals surface area contributed by atoms with Gasteiger partial charge in [-0.25, -0.2) is 4.79 Å². The first-order valence-electron chi connectivity index (χ1n) is 11.5. The molecule has 10 nitrogen and oxygen atoms in total. The Balaban J connectivity index is 1.89. The summed E-state index contributed by atoms with van der Waals surface area (Å²) in [4.78, 5) is 46.0. The van der Waals surface area contributed by atoms with Crippen LogP contribution in [0.4, 0.5) is 5.69 Å². The van der Waals surface area contributed by atoms with E-state index in [-0.39, 0.29) is 24.5 Å². The number of likely N-dealkylation sites (N-methyl/N-ethyl adjacent to an activating group) is 1. The Morgan fingerprint density at radius 2 is 1.88 bits per heavy atom. The first-order valence-corrected chi connectivity index (χ1v) is 11.5. The van der Waals surface area contributed by atoms with Crippen molar-refractivity contribution in [2.24, 2.45) is 10.9 Å². The SMILES string of the molecule is CCOC(=O)C1C(C)=NC(C)=C(C(=O)OCCN2CCN(C)CC2)[C@@H]1c1cccc([N+](=O)[O-])c1. The Bertz CT molecular complexity index is 997. The number of ether oxygens (including phenoxy) is 2. The standard InChI is InChI=1S/C24H32N4O6/c1-5-33-23(29)20-16(2)25-17(3)21(22(20)18-7-6-8-19(15-18)28(31)32)24(30)34-14-13-27-11-9-26(4)10-12-27/h6-8,15,20,22H,5,9-14H2,1-4H3/t20?,22-/m1/s1. The molecule has 0 N–H and O–H groups in total. The fraction of sp³-hybridized carbons (Fsp3) is 0.542. The summed E-state index contributed by atoms with van der Waals surface area (Å²) in [6.45, 7) is 9.79. The van der Waals surface area contributed by atoms with Crippen LogP contribution in [-0.2, 0) is 19.1 Å². The van der Waals surface area contributed by atoms with E-state index in [1.54, 1.807) is 32.9 Å². The minimum absolute atomic E-state index is 0.124.